The van der Waals surface area contributed by atoms with Gasteiger partial charge in [-0.1, -0.05) is 61.2 Å². The third kappa shape index (κ3) is 6.53. The third-order valence-electron chi connectivity index (χ3n) is 7.34. The molecule has 0 unspecified atom stereocenters. The Bertz CT molecular complexity index is 1840. The van der Waals surface area contributed by atoms with Crippen LogP contribution in [0.2, 0.25) is 0 Å². The van der Waals surface area contributed by atoms with E-state index in [-0.39, 0.29) is 5.91 Å². The van der Waals surface area contributed by atoms with Crippen LogP contribution in [0.5, 0.6) is 0 Å². The average Bonchev–Trinajstić information content (AvgIpc) is 3.64. The zero-order chi connectivity index (χ0) is 30.2. The predicted molar refractivity (Wildman–Crippen MR) is 174 cm³/mol. The Morgan fingerprint density at radius 1 is 0.762 bits per heavy atom. The number of fused-ring (bicyclic) bond motifs is 3. The average molecular weight is 562 g/mol. The van der Waals surface area contributed by atoms with E-state index in [1.54, 1.807) is 11.9 Å². The van der Waals surface area contributed by atoms with E-state index in [2.05, 4.69) is 76.9 Å². The zero-order valence-electron chi connectivity index (χ0n) is 25.0. The van der Waals surface area contributed by atoms with Gasteiger partial charge < -0.3 is 23.9 Å². The number of aryl methyl sites for hydroxylation is 3. The molecule has 0 saturated heterocycles. The van der Waals surface area contributed by atoms with E-state index in [1.165, 1.54) is 33.4 Å². The molecule has 0 aliphatic heterocycles. The molecule has 0 saturated carbocycles. The summed E-state index contributed by atoms with van der Waals surface area (Å²) in [6, 6.07) is 24.5. The number of hydrogen-bond acceptors (Lipinski definition) is 3. The Balaban J connectivity index is 0.000000147. The number of nitrogens with one attached hydrogen (secondary N) is 1. The van der Waals surface area contributed by atoms with Gasteiger partial charge in [-0.3, -0.25) is 9.59 Å². The van der Waals surface area contributed by atoms with Crippen LogP contribution in [0, 0.1) is 0 Å². The Morgan fingerprint density at radius 3 is 1.74 bits per heavy atom. The third-order valence-corrected chi connectivity index (χ3v) is 7.34. The minimum Gasteiger partial charge on any atom is -0.350 e. The second-order valence-electron chi connectivity index (χ2n) is 10.3. The molecule has 6 rings (SSSR count). The van der Waals surface area contributed by atoms with Crippen LogP contribution < -0.4 is 5.32 Å². The second kappa shape index (κ2) is 13.7. The highest BCUT2D eigenvalue weighted by molar-refractivity contribution is 5.97. The molecule has 7 nitrogen and oxygen atoms in total. The van der Waals surface area contributed by atoms with Crippen molar-refractivity contribution in [3.8, 4) is 0 Å². The van der Waals surface area contributed by atoms with E-state index in [0.29, 0.717) is 6.54 Å². The Morgan fingerprint density at radius 2 is 1.21 bits per heavy atom. The summed E-state index contributed by atoms with van der Waals surface area (Å²) in [5, 5.41) is 6.74. The highest BCUT2D eigenvalue weighted by atomic mass is 16.2. The lowest BCUT2D eigenvalue weighted by molar-refractivity contribution is -0.125. The molecule has 3 aromatic carbocycles. The smallest absolute Gasteiger partial charge is 0.245 e. The maximum absolute atomic E-state index is 11.5. The largest absolute Gasteiger partial charge is 0.350 e. The number of amides is 1. The van der Waals surface area contributed by atoms with Gasteiger partial charge in [-0.2, -0.15) is 0 Å². The number of aromatic nitrogens is 3. The molecular weight excluding hydrogens is 522 g/mol. The highest BCUT2D eigenvalue weighted by Crippen LogP contribution is 2.22. The molecule has 6 aromatic rings. The summed E-state index contributed by atoms with van der Waals surface area (Å²) in [4.78, 5) is 23.7. The van der Waals surface area contributed by atoms with Crippen LogP contribution in [0.1, 0.15) is 21.5 Å². The highest BCUT2D eigenvalue weighted by Gasteiger charge is 2.10. The number of rotatable bonds is 6. The maximum atomic E-state index is 11.5. The number of likely N-dealkylation sites (N-methyl/N-ethyl adjacent to an activating group) is 1. The fourth-order valence-corrected chi connectivity index (χ4v) is 5.26. The van der Waals surface area contributed by atoms with E-state index in [4.69, 9.17) is 0 Å². The van der Waals surface area contributed by atoms with Gasteiger partial charge in [0.1, 0.15) is 0 Å². The maximum Gasteiger partial charge on any atom is 0.245 e. The van der Waals surface area contributed by atoms with Crippen molar-refractivity contribution in [2.24, 2.45) is 21.1 Å². The van der Waals surface area contributed by atoms with Crippen molar-refractivity contribution in [3.05, 3.63) is 121 Å². The van der Waals surface area contributed by atoms with E-state index >= 15 is 0 Å². The fraction of sp³-hybridized carbons (Fsp3) is 0.200. The van der Waals surface area contributed by atoms with Crippen molar-refractivity contribution in [1.29, 1.82) is 0 Å². The lowest BCUT2D eigenvalue weighted by Crippen LogP contribution is -2.23. The van der Waals surface area contributed by atoms with Gasteiger partial charge in [-0.15, -0.1) is 0 Å². The van der Waals surface area contributed by atoms with E-state index in [9.17, 15) is 9.59 Å². The molecule has 0 spiro atoms. The summed E-state index contributed by atoms with van der Waals surface area (Å²) in [5.41, 5.74) is 6.85. The van der Waals surface area contributed by atoms with Crippen molar-refractivity contribution in [1.82, 2.24) is 23.9 Å². The number of carbonyl (C=O) groups is 2. The van der Waals surface area contributed by atoms with Crippen LogP contribution in [0.3, 0.4) is 0 Å². The van der Waals surface area contributed by atoms with Crippen LogP contribution in [0.25, 0.3) is 32.7 Å². The van der Waals surface area contributed by atoms with Crippen molar-refractivity contribution >= 4 is 44.9 Å². The fourth-order valence-electron chi connectivity index (χ4n) is 5.26. The summed E-state index contributed by atoms with van der Waals surface area (Å²) >= 11 is 0. The first kappa shape index (κ1) is 30.1. The quantitative estimate of drug-likeness (QED) is 0.194. The minimum atomic E-state index is -0.0575. The number of aldehydes is 1. The molecule has 3 aromatic heterocycles. The van der Waals surface area contributed by atoms with Gasteiger partial charge in [0.2, 0.25) is 5.91 Å². The van der Waals surface area contributed by atoms with Crippen LogP contribution >= 0.6 is 0 Å². The van der Waals surface area contributed by atoms with Gasteiger partial charge in [-0.05, 0) is 42.4 Å². The molecule has 216 valence electrons. The summed E-state index contributed by atoms with van der Waals surface area (Å²) in [7, 11) is 9.80. The number of benzene rings is 3. The molecule has 3 heterocycles. The normalized spacial score (nSPS) is 10.6. The first-order chi connectivity index (χ1) is 20.3. The van der Waals surface area contributed by atoms with Crippen molar-refractivity contribution < 1.29 is 9.59 Å². The number of nitrogens with zero attached hydrogens (tertiary/aromatic N) is 4. The molecule has 0 radical (unpaired) electrons. The molecule has 0 bridgehead atoms. The Labute approximate surface area is 247 Å². The molecular formula is C35H39N5O2. The summed E-state index contributed by atoms with van der Waals surface area (Å²) in [6.07, 6.45) is 8.32. The first-order valence-electron chi connectivity index (χ1n) is 13.9. The topological polar surface area (TPSA) is 64.2 Å². The van der Waals surface area contributed by atoms with Gasteiger partial charge in [0.15, 0.2) is 6.29 Å². The second-order valence-corrected chi connectivity index (χ2v) is 10.3. The van der Waals surface area contributed by atoms with Crippen molar-refractivity contribution in [2.45, 2.75) is 13.1 Å². The summed E-state index contributed by atoms with van der Waals surface area (Å²) < 4.78 is 6.21. The Kier molecular flexibility index (Phi) is 9.78. The molecule has 0 aliphatic carbocycles. The van der Waals surface area contributed by atoms with Gasteiger partial charge in [0.05, 0.1) is 0 Å². The van der Waals surface area contributed by atoms with Crippen LogP contribution in [-0.2, 0) is 39.0 Å². The van der Waals surface area contributed by atoms with Gasteiger partial charge in [0, 0.05) is 98.1 Å². The monoisotopic (exact) mass is 561 g/mol. The standard InChI is InChI=1S/C14H16N2O.C11H14N2.C10H9NO/c1-4-14(17)16(3)10-11-9-15(2)13-8-6-5-7-12(11)13;1-12-7-9-8-13(2)11-6-4-3-5-10(9)11;1-11-6-8(7-12)9-4-2-3-5-10(9)11/h4-9H,1,10H2,2-3H3;3-6,8,12H,7H2,1-2H3;2-7H,1H3. The molecule has 0 aliphatic rings. The van der Waals surface area contributed by atoms with E-state index in [1.807, 2.05) is 68.3 Å². The van der Waals surface area contributed by atoms with E-state index < -0.39 is 0 Å². The first-order valence-corrected chi connectivity index (χ1v) is 13.9. The van der Waals surface area contributed by atoms with Gasteiger partial charge in [0.25, 0.3) is 0 Å². The summed E-state index contributed by atoms with van der Waals surface area (Å²) in [5.74, 6) is -0.0575. The lowest BCUT2D eigenvalue weighted by atomic mass is 10.1. The molecule has 7 heteroatoms. The lowest BCUT2D eigenvalue weighted by Gasteiger charge is -2.14. The molecule has 1 amide bonds. The number of hydrogen-bond donors (Lipinski definition) is 1. The molecule has 42 heavy (non-hydrogen) atoms. The van der Waals surface area contributed by atoms with Crippen LogP contribution in [0.15, 0.2) is 104 Å². The molecule has 0 atom stereocenters. The minimum absolute atomic E-state index is 0.0575. The number of para-hydroxylation sites is 3. The molecule has 1 N–H and O–H groups in total. The van der Waals surface area contributed by atoms with Crippen molar-refractivity contribution in [2.75, 3.05) is 14.1 Å². The van der Waals surface area contributed by atoms with Gasteiger partial charge in [-0.25, -0.2) is 0 Å². The van der Waals surface area contributed by atoms with Crippen LogP contribution in [0.4, 0.5) is 0 Å². The number of carbonyl (C=O) groups excluding carboxylic acids is 2. The molecule has 0 fully saturated rings. The SMILES string of the molecule is C=CC(=O)N(C)Cc1cn(C)c2ccccc12.CNCc1cn(C)c2ccccc12.Cn1cc(C=O)c2ccccc21. The van der Waals surface area contributed by atoms with Crippen LogP contribution in [-0.4, -0.2) is 44.9 Å². The Hall–Kier alpha value is -4.88. The van der Waals surface area contributed by atoms with E-state index in [0.717, 1.165) is 34.9 Å². The van der Waals surface area contributed by atoms with Gasteiger partial charge >= 0.3 is 0 Å². The van der Waals surface area contributed by atoms with Crippen molar-refractivity contribution in [3.63, 3.8) is 0 Å². The predicted octanol–water partition coefficient (Wildman–Crippen LogP) is 6.21. The summed E-state index contributed by atoms with van der Waals surface area (Å²) in [6.45, 7) is 5.03. The zero-order valence-corrected chi connectivity index (χ0v) is 25.0.